The Kier molecular flexibility index (Phi) is 4.33. The molecule has 12 heavy (non-hydrogen) atoms. The van der Waals surface area contributed by atoms with Crippen molar-refractivity contribution in [3.63, 3.8) is 0 Å². The number of primary amides is 1. The molecule has 0 aliphatic rings. The first kappa shape index (κ1) is 10.9. The van der Waals surface area contributed by atoms with Crippen LogP contribution in [0.25, 0.3) is 0 Å². The third-order valence-corrected chi connectivity index (χ3v) is 1.39. The fourth-order valence-electron chi connectivity index (χ4n) is 0.821. The third-order valence-electron chi connectivity index (χ3n) is 1.39. The van der Waals surface area contributed by atoms with E-state index in [2.05, 4.69) is 5.32 Å². The fraction of sp³-hybridized carbons (Fsp3) is 0.750. The minimum atomic E-state index is -0.443. The van der Waals surface area contributed by atoms with Crippen LogP contribution in [0.4, 0.5) is 0 Å². The Morgan fingerprint density at radius 1 is 1.33 bits per heavy atom. The van der Waals surface area contributed by atoms with Gasteiger partial charge in [-0.15, -0.1) is 0 Å². The van der Waals surface area contributed by atoms with Crippen LogP contribution in [0.15, 0.2) is 0 Å². The molecule has 0 aliphatic heterocycles. The summed E-state index contributed by atoms with van der Waals surface area (Å²) < 4.78 is 0. The zero-order chi connectivity index (χ0) is 9.72. The van der Waals surface area contributed by atoms with Crippen LogP contribution in [0.1, 0.15) is 27.2 Å². The van der Waals surface area contributed by atoms with Crippen LogP contribution < -0.4 is 11.1 Å². The molecule has 0 aromatic rings. The van der Waals surface area contributed by atoms with E-state index in [0.29, 0.717) is 0 Å². The number of amides is 2. The average molecular weight is 172 g/mol. The Morgan fingerprint density at radius 2 is 1.83 bits per heavy atom. The molecule has 0 saturated carbocycles. The Balaban J connectivity index is 3.85. The zero-order valence-electron chi connectivity index (χ0n) is 7.76. The molecule has 4 heteroatoms. The van der Waals surface area contributed by atoms with Gasteiger partial charge in [-0.05, 0) is 13.8 Å². The summed E-state index contributed by atoms with van der Waals surface area (Å²) in [6, 6.07) is 0.104. The van der Waals surface area contributed by atoms with E-state index in [1.54, 1.807) is 6.92 Å². The summed E-state index contributed by atoms with van der Waals surface area (Å²) in [5.74, 6) is -0.893. The molecule has 3 N–H and O–H groups in total. The van der Waals surface area contributed by atoms with E-state index < -0.39 is 5.91 Å². The van der Waals surface area contributed by atoms with Gasteiger partial charge in [-0.2, -0.15) is 0 Å². The summed E-state index contributed by atoms with van der Waals surface area (Å²) in [5, 5.41) is 2.70. The molecule has 0 bridgehead atoms. The lowest BCUT2D eigenvalue weighted by molar-refractivity contribution is -0.129. The molecule has 0 aromatic heterocycles. The van der Waals surface area contributed by atoms with Gasteiger partial charge in [0, 0.05) is 18.4 Å². The van der Waals surface area contributed by atoms with Gasteiger partial charge in [0.2, 0.25) is 11.8 Å². The highest BCUT2D eigenvalue weighted by molar-refractivity contribution is 5.84. The molecule has 0 aliphatic carbocycles. The van der Waals surface area contributed by atoms with E-state index in [9.17, 15) is 9.59 Å². The summed E-state index contributed by atoms with van der Waals surface area (Å²) in [6.07, 6.45) is 0.110. The summed E-state index contributed by atoms with van der Waals surface area (Å²) in [5.41, 5.74) is 4.94. The lowest BCUT2D eigenvalue weighted by Crippen LogP contribution is -2.36. The maximum Gasteiger partial charge on any atom is 0.223 e. The lowest BCUT2D eigenvalue weighted by Gasteiger charge is -2.12. The van der Waals surface area contributed by atoms with E-state index in [1.165, 1.54) is 0 Å². The van der Waals surface area contributed by atoms with Crippen molar-refractivity contribution in [2.24, 2.45) is 11.7 Å². The van der Waals surface area contributed by atoms with Crippen LogP contribution in [0, 0.1) is 5.92 Å². The maximum atomic E-state index is 11.2. The SMILES string of the molecule is CC(C)NC(=O)C(C)CC(N)=O. The van der Waals surface area contributed by atoms with E-state index in [1.807, 2.05) is 13.8 Å². The van der Waals surface area contributed by atoms with Crippen LogP contribution in [0.2, 0.25) is 0 Å². The van der Waals surface area contributed by atoms with Crippen molar-refractivity contribution in [3.05, 3.63) is 0 Å². The van der Waals surface area contributed by atoms with Crippen molar-refractivity contribution in [3.8, 4) is 0 Å². The quantitative estimate of drug-likeness (QED) is 0.627. The molecule has 4 nitrogen and oxygen atoms in total. The smallest absolute Gasteiger partial charge is 0.223 e. The molecule has 0 radical (unpaired) electrons. The Hall–Kier alpha value is -1.06. The summed E-state index contributed by atoms with van der Waals surface area (Å²) >= 11 is 0. The number of hydrogen-bond donors (Lipinski definition) is 2. The van der Waals surface area contributed by atoms with Gasteiger partial charge in [-0.1, -0.05) is 6.92 Å². The van der Waals surface area contributed by atoms with E-state index >= 15 is 0 Å². The summed E-state index contributed by atoms with van der Waals surface area (Å²) in [6.45, 7) is 5.42. The second-order valence-electron chi connectivity index (χ2n) is 3.23. The van der Waals surface area contributed by atoms with Crippen LogP contribution in [-0.4, -0.2) is 17.9 Å². The number of nitrogens with two attached hydrogens (primary N) is 1. The van der Waals surface area contributed by atoms with Crippen molar-refractivity contribution in [2.75, 3.05) is 0 Å². The second-order valence-corrected chi connectivity index (χ2v) is 3.23. The molecule has 1 atom stereocenters. The van der Waals surface area contributed by atoms with Crippen LogP contribution in [0.5, 0.6) is 0 Å². The van der Waals surface area contributed by atoms with E-state index in [0.717, 1.165) is 0 Å². The summed E-state index contributed by atoms with van der Waals surface area (Å²) in [7, 11) is 0. The van der Waals surface area contributed by atoms with Crippen LogP contribution in [0.3, 0.4) is 0 Å². The monoisotopic (exact) mass is 172 g/mol. The fourth-order valence-corrected chi connectivity index (χ4v) is 0.821. The molecule has 1 unspecified atom stereocenters. The standard InChI is InChI=1S/C8H16N2O2/c1-5(2)10-8(12)6(3)4-7(9)11/h5-6H,4H2,1-3H3,(H2,9,11)(H,10,12). The number of carbonyl (C=O) groups is 2. The highest BCUT2D eigenvalue weighted by Gasteiger charge is 2.15. The molecule has 0 saturated heterocycles. The van der Waals surface area contributed by atoms with Gasteiger partial charge in [-0.3, -0.25) is 9.59 Å². The topological polar surface area (TPSA) is 72.2 Å². The highest BCUT2D eigenvalue weighted by atomic mass is 16.2. The van der Waals surface area contributed by atoms with Gasteiger partial charge in [0.05, 0.1) is 0 Å². The Bertz CT molecular complexity index is 178. The molecule has 2 amide bonds. The van der Waals surface area contributed by atoms with E-state index in [-0.39, 0.29) is 24.3 Å². The van der Waals surface area contributed by atoms with Crippen LogP contribution >= 0.6 is 0 Å². The van der Waals surface area contributed by atoms with Crippen LogP contribution in [-0.2, 0) is 9.59 Å². The first-order valence-corrected chi connectivity index (χ1v) is 4.02. The zero-order valence-corrected chi connectivity index (χ0v) is 7.76. The Morgan fingerprint density at radius 3 is 2.17 bits per heavy atom. The predicted molar refractivity (Wildman–Crippen MR) is 46.3 cm³/mol. The number of rotatable bonds is 4. The average Bonchev–Trinajstić information content (AvgIpc) is 1.84. The predicted octanol–water partition coefficient (Wildman–Crippen LogP) is 0.0225. The van der Waals surface area contributed by atoms with E-state index in [4.69, 9.17) is 5.73 Å². The molecule has 0 aromatic carbocycles. The van der Waals surface area contributed by atoms with Crippen molar-refractivity contribution in [1.29, 1.82) is 0 Å². The minimum Gasteiger partial charge on any atom is -0.370 e. The first-order chi connectivity index (χ1) is 5.43. The third kappa shape index (κ3) is 4.71. The van der Waals surface area contributed by atoms with Gasteiger partial charge in [0.1, 0.15) is 0 Å². The van der Waals surface area contributed by atoms with Gasteiger partial charge in [0.25, 0.3) is 0 Å². The van der Waals surface area contributed by atoms with Gasteiger partial charge in [-0.25, -0.2) is 0 Å². The van der Waals surface area contributed by atoms with Crippen molar-refractivity contribution < 1.29 is 9.59 Å². The largest absolute Gasteiger partial charge is 0.370 e. The number of nitrogens with one attached hydrogen (secondary N) is 1. The van der Waals surface area contributed by atoms with Gasteiger partial charge >= 0.3 is 0 Å². The second kappa shape index (κ2) is 4.74. The molecule has 0 heterocycles. The highest BCUT2D eigenvalue weighted by Crippen LogP contribution is 2.00. The Labute approximate surface area is 72.5 Å². The normalized spacial score (nSPS) is 12.7. The molecule has 70 valence electrons. The molecular weight excluding hydrogens is 156 g/mol. The number of hydrogen-bond acceptors (Lipinski definition) is 2. The lowest BCUT2D eigenvalue weighted by atomic mass is 10.1. The molecule has 0 spiro atoms. The summed E-state index contributed by atoms with van der Waals surface area (Å²) in [4.78, 5) is 21.6. The van der Waals surface area contributed by atoms with Gasteiger partial charge in [0.15, 0.2) is 0 Å². The molecular formula is C8H16N2O2. The number of carbonyl (C=O) groups excluding carboxylic acids is 2. The minimum absolute atomic E-state index is 0.104. The van der Waals surface area contributed by atoms with Crippen molar-refractivity contribution in [2.45, 2.75) is 33.2 Å². The van der Waals surface area contributed by atoms with Crippen molar-refractivity contribution in [1.82, 2.24) is 5.32 Å². The first-order valence-electron chi connectivity index (χ1n) is 4.02. The van der Waals surface area contributed by atoms with Gasteiger partial charge < -0.3 is 11.1 Å². The molecule has 0 fully saturated rings. The molecule has 0 rings (SSSR count). The van der Waals surface area contributed by atoms with Crippen molar-refractivity contribution >= 4 is 11.8 Å². The maximum absolute atomic E-state index is 11.2.